The maximum absolute atomic E-state index is 6.13. The molecule has 1 aliphatic rings. The Morgan fingerprint density at radius 3 is 2.69 bits per heavy atom. The zero-order chi connectivity index (χ0) is 11.5. The summed E-state index contributed by atoms with van der Waals surface area (Å²) in [7, 11) is 2.20. The van der Waals surface area contributed by atoms with Crippen LogP contribution in [0.1, 0.15) is 30.4 Å². The summed E-state index contributed by atoms with van der Waals surface area (Å²) in [4.78, 5) is 2.42. The van der Waals surface area contributed by atoms with Crippen LogP contribution in [0.4, 0.5) is 0 Å². The first-order chi connectivity index (χ1) is 7.68. The predicted molar refractivity (Wildman–Crippen MR) is 68.3 cm³/mol. The van der Waals surface area contributed by atoms with Gasteiger partial charge in [0.05, 0.1) is 0 Å². The smallest absolute Gasteiger partial charge is 0.0247 e. The minimum Gasteiger partial charge on any atom is -0.326 e. The lowest BCUT2D eigenvalue weighted by Gasteiger charge is -2.28. The number of benzene rings is 1. The van der Waals surface area contributed by atoms with Gasteiger partial charge in [-0.3, -0.25) is 4.90 Å². The molecule has 2 N–H and O–H groups in total. The predicted octanol–water partition coefficient (Wildman–Crippen LogP) is 2.31. The van der Waals surface area contributed by atoms with Crippen LogP contribution in [0.2, 0.25) is 0 Å². The van der Waals surface area contributed by atoms with Crippen molar-refractivity contribution in [1.82, 2.24) is 4.90 Å². The van der Waals surface area contributed by atoms with Crippen molar-refractivity contribution in [2.45, 2.75) is 44.8 Å². The second-order valence-corrected chi connectivity index (χ2v) is 5.00. The first-order valence-electron chi connectivity index (χ1n) is 6.19. The molecule has 0 aromatic heterocycles. The molecule has 1 fully saturated rings. The normalized spacial score (nSPS) is 25.2. The number of nitrogens with two attached hydrogens (primary N) is 1. The lowest BCUT2D eigenvalue weighted by molar-refractivity contribution is 0.220. The van der Waals surface area contributed by atoms with Crippen LogP contribution in [0.25, 0.3) is 0 Å². The molecule has 0 amide bonds. The molecule has 2 rings (SSSR count). The van der Waals surface area contributed by atoms with Gasteiger partial charge < -0.3 is 5.73 Å². The average molecular weight is 218 g/mol. The van der Waals surface area contributed by atoms with Crippen molar-refractivity contribution >= 4 is 0 Å². The van der Waals surface area contributed by atoms with Gasteiger partial charge in [-0.25, -0.2) is 0 Å². The van der Waals surface area contributed by atoms with Crippen LogP contribution < -0.4 is 5.73 Å². The molecule has 0 saturated heterocycles. The van der Waals surface area contributed by atoms with Crippen molar-refractivity contribution in [3.8, 4) is 0 Å². The van der Waals surface area contributed by atoms with Gasteiger partial charge in [0.1, 0.15) is 0 Å². The van der Waals surface area contributed by atoms with Gasteiger partial charge in [-0.15, -0.1) is 0 Å². The Kier molecular flexibility index (Phi) is 3.62. The van der Waals surface area contributed by atoms with E-state index >= 15 is 0 Å². The Labute approximate surface area is 98.4 Å². The number of hydrogen-bond donors (Lipinski definition) is 1. The van der Waals surface area contributed by atoms with Crippen LogP contribution in [0.5, 0.6) is 0 Å². The summed E-state index contributed by atoms with van der Waals surface area (Å²) in [6, 6.07) is 9.54. The third-order valence-electron chi connectivity index (χ3n) is 3.78. The lowest BCUT2D eigenvalue weighted by Crippen LogP contribution is -2.41. The van der Waals surface area contributed by atoms with Gasteiger partial charge in [0.15, 0.2) is 0 Å². The minimum absolute atomic E-state index is 0.369. The fourth-order valence-electron chi connectivity index (χ4n) is 2.69. The highest BCUT2D eigenvalue weighted by Crippen LogP contribution is 2.23. The molecular formula is C14H22N2. The molecule has 2 atom stereocenters. The van der Waals surface area contributed by atoms with Gasteiger partial charge in [0.2, 0.25) is 0 Å². The van der Waals surface area contributed by atoms with Gasteiger partial charge in [0, 0.05) is 18.6 Å². The van der Waals surface area contributed by atoms with E-state index in [0.717, 1.165) is 6.54 Å². The Bertz CT molecular complexity index is 348. The molecule has 1 aliphatic carbocycles. The Morgan fingerprint density at radius 2 is 2.06 bits per heavy atom. The molecule has 88 valence electrons. The fourth-order valence-corrected chi connectivity index (χ4v) is 2.69. The van der Waals surface area contributed by atoms with E-state index in [0.29, 0.717) is 12.1 Å². The van der Waals surface area contributed by atoms with Crippen molar-refractivity contribution in [1.29, 1.82) is 0 Å². The molecule has 1 aromatic rings. The quantitative estimate of drug-likeness (QED) is 0.843. The number of aryl methyl sites for hydroxylation is 1. The Hall–Kier alpha value is -0.860. The molecule has 1 aromatic carbocycles. The molecule has 2 heteroatoms. The van der Waals surface area contributed by atoms with E-state index in [1.165, 1.54) is 30.4 Å². The fraction of sp³-hybridized carbons (Fsp3) is 0.571. The summed E-state index contributed by atoms with van der Waals surface area (Å²) < 4.78 is 0. The molecule has 1 saturated carbocycles. The zero-order valence-corrected chi connectivity index (χ0v) is 10.3. The second kappa shape index (κ2) is 4.98. The van der Waals surface area contributed by atoms with Gasteiger partial charge in [-0.2, -0.15) is 0 Å². The molecule has 2 unspecified atom stereocenters. The zero-order valence-electron chi connectivity index (χ0n) is 10.3. The van der Waals surface area contributed by atoms with E-state index in [1.54, 1.807) is 0 Å². The highest BCUT2D eigenvalue weighted by Gasteiger charge is 2.27. The third kappa shape index (κ3) is 2.45. The van der Waals surface area contributed by atoms with Crippen LogP contribution >= 0.6 is 0 Å². The molecule has 0 spiro atoms. The maximum Gasteiger partial charge on any atom is 0.0247 e. The summed E-state index contributed by atoms with van der Waals surface area (Å²) >= 11 is 0. The van der Waals surface area contributed by atoms with Crippen molar-refractivity contribution in [2.75, 3.05) is 7.05 Å². The molecule has 0 aliphatic heterocycles. The summed E-state index contributed by atoms with van der Waals surface area (Å²) in [6.45, 7) is 3.20. The number of rotatable bonds is 3. The van der Waals surface area contributed by atoms with Crippen LogP contribution in [-0.4, -0.2) is 24.0 Å². The third-order valence-corrected chi connectivity index (χ3v) is 3.78. The van der Waals surface area contributed by atoms with E-state index in [4.69, 9.17) is 5.73 Å². The van der Waals surface area contributed by atoms with E-state index < -0.39 is 0 Å². The Morgan fingerprint density at radius 1 is 1.31 bits per heavy atom. The van der Waals surface area contributed by atoms with Gasteiger partial charge in [-0.1, -0.05) is 30.7 Å². The van der Waals surface area contributed by atoms with E-state index in [2.05, 4.69) is 43.1 Å². The first-order valence-corrected chi connectivity index (χ1v) is 6.19. The van der Waals surface area contributed by atoms with Crippen molar-refractivity contribution < 1.29 is 0 Å². The van der Waals surface area contributed by atoms with E-state index in [-0.39, 0.29) is 0 Å². The van der Waals surface area contributed by atoms with Gasteiger partial charge in [0.25, 0.3) is 0 Å². The van der Waals surface area contributed by atoms with E-state index in [9.17, 15) is 0 Å². The number of nitrogens with zero attached hydrogens (tertiary/aromatic N) is 1. The number of likely N-dealkylation sites (N-methyl/N-ethyl adjacent to an activating group) is 1. The average Bonchev–Trinajstić information content (AvgIpc) is 2.68. The molecule has 16 heavy (non-hydrogen) atoms. The Balaban J connectivity index is 2.02. The standard InChI is InChI=1S/C14H22N2/c1-11-6-3-4-7-12(11)10-16(2)14-9-5-8-13(14)15/h3-4,6-7,13-14H,5,8-10,15H2,1-2H3. The molecule has 0 radical (unpaired) electrons. The summed E-state index contributed by atoms with van der Waals surface area (Å²) in [6.07, 6.45) is 3.72. The molecule has 0 bridgehead atoms. The summed E-state index contributed by atoms with van der Waals surface area (Å²) in [5.41, 5.74) is 8.93. The topological polar surface area (TPSA) is 29.3 Å². The summed E-state index contributed by atoms with van der Waals surface area (Å²) in [5.74, 6) is 0. The van der Waals surface area contributed by atoms with Crippen molar-refractivity contribution in [2.24, 2.45) is 5.73 Å². The highest BCUT2D eigenvalue weighted by atomic mass is 15.1. The highest BCUT2D eigenvalue weighted by molar-refractivity contribution is 5.25. The first kappa shape index (κ1) is 11.6. The van der Waals surface area contributed by atoms with Crippen LogP contribution in [0, 0.1) is 6.92 Å². The molecular weight excluding hydrogens is 196 g/mol. The lowest BCUT2D eigenvalue weighted by atomic mass is 10.1. The summed E-state index contributed by atoms with van der Waals surface area (Å²) in [5, 5.41) is 0. The van der Waals surface area contributed by atoms with Crippen LogP contribution in [-0.2, 0) is 6.54 Å². The second-order valence-electron chi connectivity index (χ2n) is 5.00. The SMILES string of the molecule is Cc1ccccc1CN(C)C1CCCC1N. The monoisotopic (exact) mass is 218 g/mol. The van der Waals surface area contributed by atoms with Crippen LogP contribution in [0.15, 0.2) is 24.3 Å². The molecule has 2 nitrogen and oxygen atoms in total. The largest absolute Gasteiger partial charge is 0.326 e. The number of hydrogen-bond acceptors (Lipinski definition) is 2. The molecule has 0 heterocycles. The van der Waals surface area contributed by atoms with Gasteiger partial charge >= 0.3 is 0 Å². The van der Waals surface area contributed by atoms with Gasteiger partial charge in [-0.05, 0) is 37.9 Å². The van der Waals surface area contributed by atoms with E-state index in [1.807, 2.05) is 0 Å². The minimum atomic E-state index is 0.369. The van der Waals surface area contributed by atoms with Crippen molar-refractivity contribution in [3.05, 3.63) is 35.4 Å². The maximum atomic E-state index is 6.13. The van der Waals surface area contributed by atoms with Crippen molar-refractivity contribution in [3.63, 3.8) is 0 Å². The van der Waals surface area contributed by atoms with Crippen LogP contribution in [0.3, 0.4) is 0 Å².